The van der Waals surface area contributed by atoms with Gasteiger partial charge >= 0.3 is 11.7 Å². The molecule has 6 rings (SSSR count). The standard InChI is InChI=1S/C66H83F2N5O14S/c1-46-17-19-49(20-18-46)22-24-61(76)70-26-27-71-47(2)40-60(63(71)77)88-45-53(65(79)80)42-55(75)25-29-83-31-33-85-35-37-87-39-38-86-36-34-84-32-30-82-28-9-14-54(74)23-21-50-10-7-13-52(41-50)62-48(3)72(43-56-57(67)15-8-16-58(56)68)66(81)73(64(62)78)44-59(69)51-11-5-4-6-12-51/h4-8,10-13,15-20,41,53,59-60H,2,9,14,21-40,42-45,69H2,1,3H3,(H,70,76)(H,79,80)/t53?,59-,60?/m0/s1. The van der Waals surface area contributed by atoms with E-state index < -0.39 is 52.6 Å². The molecule has 0 bridgehead atoms. The largest absolute Gasteiger partial charge is 0.481 e. The van der Waals surface area contributed by atoms with E-state index in [1.54, 1.807) is 49.4 Å². The Bertz CT molecular complexity index is 3180. The van der Waals surface area contributed by atoms with Gasteiger partial charge in [-0.15, -0.1) is 11.8 Å². The Morgan fingerprint density at radius 1 is 0.693 bits per heavy atom. The lowest BCUT2D eigenvalue weighted by Crippen LogP contribution is -2.44. The Labute approximate surface area is 516 Å². The highest BCUT2D eigenvalue weighted by molar-refractivity contribution is 8.00. The number of ketones is 2. The van der Waals surface area contributed by atoms with E-state index in [1.165, 1.54) is 27.3 Å². The zero-order valence-electron chi connectivity index (χ0n) is 50.4. The number of allylic oxidation sites excluding steroid dienone is 1. The predicted molar refractivity (Wildman–Crippen MR) is 331 cm³/mol. The number of carbonyl (C=O) groups is 5. The van der Waals surface area contributed by atoms with E-state index in [0.717, 1.165) is 33.4 Å². The van der Waals surface area contributed by atoms with Crippen molar-refractivity contribution >= 4 is 41.1 Å². The fraction of sp³-hybridized carbons (Fsp3) is 0.470. The SMILES string of the molecule is C=C1CC(SCC(CC(=O)CCOCCOCCOCCOCCOCCOCCCC(=O)CCc2cccc(-c3c(C)n(Cc4c(F)cccc4F)c(=O)n(C[C@H](N)c4ccccc4)c3=O)c2)C(=O)O)C(=O)N1CCNC(=O)CCc1ccc(C)cc1. The van der Waals surface area contributed by atoms with Crippen LogP contribution in [0.3, 0.4) is 0 Å². The molecule has 2 heterocycles. The summed E-state index contributed by atoms with van der Waals surface area (Å²) in [4.78, 5) is 92.7. The molecule has 0 saturated carbocycles. The van der Waals surface area contributed by atoms with Crippen molar-refractivity contribution in [3.05, 3.63) is 175 Å². The minimum atomic E-state index is -1.11. The summed E-state index contributed by atoms with van der Waals surface area (Å²) in [5, 5.41) is 12.2. The number of halogens is 2. The van der Waals surface area contributed by atoms with Gasteiger partial charge < -0.3 is 49.5 Å². The van der Waals surface area contributed by atoms with Crippen LogP contribution in [0.1, 0.15) is 84.5 Å². The molecule has 2 amide bonds. The van der Waals surface area contributed by atoms with E-state index in [4.69, 9.17) is 34.2 Å². The van der Waals surface area contributed by atoms with Gasteiger partial charge in [0.2, 0.25) is 11.8 Å². The number of carboxylic acid groups (broad SMARTS) is 1. The number of carbonyl (C=O) groups excluding carboxylic acids is 4. The lowest BCUT2D eigenvalue weighted by atomic mass is 9.99. The van der Waals surface area contributed by atoms with E-state index in [-0.39, 0.29) is 105 Å². The van der Waals surface area contributed by atoms with E-state index >= 15 is 0 Å². The summed E-state index contributed by atoms with van der Waals surface area (Å²) < 4.78 is 65.3. The number of ether oxygens (including phenoxy) is 6. The van der Waals surface area contributed by atoms with E-state index in [0.29, 0.717) is 115 Å². The molecule has 1 aromatic heterocycles. The molecule has 22 heteroatoms. The smallest absolute Gasteiger partial charge is 0.331 e. The molecule has 19 nitrogen and oxygen atoms in total. The van der Waals surface area contributed by atoms with Gasteiger partial charge in [0.1, 0.15) is 23.2 Å². The first kappa shape index (κ1) is 70.1. The van der Waals surface area contributed by atoms with Gasteiger partial charge in [-0.25, -0.2) is 13.6 Å². The van der Waals surface area contributed by atoms with Gasteiger partial charge in [0, 0.05) is 87.0 Å². The lowest BCUT2D eigenvalue weighted by molar-refractivity contribution is -0.143. The Hall–Kier alpha value is -7.02. The highest BCUT2D eigenvalue weighted by Crippen LogP contribution is 2.32. The van der Waals surface area contributed by atoms with Crippen molar-refractivity contribution in [1.82, 2.24) is 19.4 Å². The minimum Gasteiger partial charge on any atom is -0.481 e. The van der Waals surface area contributed by atoms with Crippen LogP contribution < -0.4 is 22.3 Å². The number of aryl methyl sites for hydroxylation is 3. The summed E-state index contributed by atoms with van der Waals surface area (Å²) >= 11 is 1.21. The van der Waals surface area contributed by atoms with Gasteiger partial charge in [0.15, 0.2) is 0 Å². The maximum absolute atomic E-state index is 14.9. The number of aliphatic carboxylic acids is 1. The number of benzene rings is 4. The lowest BCUT2D eigenvalue weighted by Gasteiger charge is -2.20. The van der Waals surface area contributed by atoms with Crippen molar-refractivity contribution in [2.75, 3.05) is 98.1 Å². The maximum atomic E-state index is 14.9. The van der Waals surface area contributed by atoms with Crippen LogP contribution in [0.4, 0.5) is 8.78 Å². The third-order valence-electron chi connectivity index (χ3n) is 14.8. The molecule has 0 spiro atoms. The third-order valence-corrected chi connectivity index (χ3v) is 16.2. The molecule has 4 N–H and O–H groups in total. The fourth-order valence-electron chi connectivity index (χ4n) is 9.75. The minimum absolute atomic E-state index is 0.0448. The first-order chi connectivity index (χ1) is 42.5. The van der Waals surface area contributed by atoms with Gasteiger partial charge in [-0.3, -0.25) is 37.9 Å². The topological polar surface area (TPSA) is 246 Å². The highest BCUT2D eigenvalue weighted by atomic mass is 32.2. The highest BCUT2D eigenvalue weighted by Gasteiger charge is 2.36. The molecule has 88 heavy (non-hydrogen) atoms. The summed E-state index contributed by atoms with van der Waals surface area (Å²) in [6.45, 7) is 11.4. The molecular formula is C66H83F2N5O14S. The number of nitrogens with two attached hydrogens (primary N) is 1. The van der Waals surface area contributed by atoms with Crippen LogP contribution in [-0.4, -0.2) is 152 Å². The van der Waals surface area contributed by atoms with Crippen molar-refractivity contribution in [2.45, 2.75) is 96.0 Å². The first-order valence-corrected chi connectivity index (χ1v) is 30.9. The van der Waals surface area contributed by atoms with Gasteiger partial charge in [-0.2, -0.15) is 0 Å². The molecule has 3 atom stereocenters. The van der Waals surface area contributed by atoms with Crippen molar-refractivity contribution in [2.24, 2.45) is 11.7 Å². The first-order valence-electron chi connectivity index (χ1n) is 29.8. The molecule has 476 valence electrons. The zero-order chi connectivity index (χ0) is 63.2. The Morgan fingerprint density at radius 3 is 1.91 bits per heavy atom. The summed E-state index contributed by atoms with van der Waals surface area (Å²) in [6.07, 6.45) is 2.70. The molecule has 0 radical (unpaired) electrons. The number of thioether (sulfide) groups is 1. The van der Waals surface area contributed by atoms with E-state index in [2.05, 4.69) is 11.9 Å². The van der Waals surface area contributed by atoms with Gasteiger partial charge in [0.25, 0.3) is 5.56 Å². The second-order valence-corrected chi connectivity index (χ2v) is 22.7. The van der Waals surface area contributed by atoms with Crippen LogP contribution >= 0.6 is 11.8 Å². The number of nitrogens with one attached hydrogen (secondary N) is 1. The van der Waals surface area contributed by atoms with Crippen molar-refractivity contribution in [1.29, 1.82) is 0 Å². The monoisotopic (exact) mass is 1240 g/mol. The number of Topliss-reactive ketones (excluding diaryl/α,β-unsaturated/α-hetero) is 2. The Balaban J connectivity index is 0.742. The quantitative estimate of drug-likeness (QED) is 0.0323. The van der Waals surface area contributed by atoms with E-state index in [9.17, 15) is 47.4 Å². The molecule has 1 aliphatic rings. The summed E-state index contributed by atoms with van der Waals surface area (Å²) in [7, 11) is 0. The molecule has 5 aromatic rings. The second-order valence-electron chi connectivity index (χ2n) is 21.4. The van der Waals surface area contributed by atoms with Gasteiger partial charge in [0.05, 0.1) is 102 Å². The summed E-state index contributed by atoms with van der Waals surface area (Å²) in [6, 6.07) is 26.9. The zero-order valence-corrected chi connectivity index (χ0v) is 51.2. The van der Waals surface area contributed by atoms with Crippen molar-refractivity contribution in [3.8, 4) is 11.1 Å². The summed E-state index contributed by atoms with van der Waals surface area (Å²) in [5.41, 5.74) is 10.1. The molecule has 4 aromatic carbocycles. The molecule has 1 saturated heterocycles. The molecule has 0 aliphatic carbocycles. The van der Waals surface area contributed by atoms with Crippen LogP contribution in [0, 0.1) is 31.4 Å². The number of hydrogen-bond donors (Lipinski definition) is 3. The summed E-state index contributed by atoms with van der Waals surface area (Å²) in [5.74, 6) is -4.11. The Morgan fingerprint density at radius 2 is 1.28 bits per heavy atom. The maximum Gasteiger partial charge on any atom is 0.331 e. The van der Waals surface area contributed by atoms with Crippen LogP contribution in [-0.2, 0) is 78.3 Å². The second kappa shape index (κ2) is 37.7. The fourth-order valence-corrected chi connectivity index (χ4v) is 11.1. The number of hydrogen-bond acceptors (Lipinski definition) is 15. The number of amides is 2. The number of aromatic nitrogens is 2. The van der Waals surface area contributed by atoms with Crippen molar-refractivity contribution < 1.29 is 66.3 Å². The molecular weight excluding hydrogens is 1160 g/mol. The number of nitrogens with zero attached hydrogens (tertiary/aromatic N) is 3. The molecule has 1 aliphatic heterocycles. The van der Waals surface area contributed by atoms with Gasteiger partial charge in [-0.05, 0) is 67.5 Å². The van der Waals surface area contributed by atoms with Crippen molar-refractivity contribution in [3.63, 3.8) is 0 Å². The van der Waals surface area contributed by atoms with Gasteiger partial charge in [-0.1, -0.05) is 97.1 Å². The molecule has 1 fully saturated rings. The van der Waals surface area contributed by atoms with E-state index in [1.807, 2.05) is 43.3 Å². The number of rotatable bonds is 43. The average Bonchev–Trinajstić information content (AvgIpc) is 1.25. The van der Waals surface area contributed by atoms with Crippen LogP contribution in [0.2, 0.25) is 0 Å². The number of carboxylic acids is 1. The number of likely N-dealkylation sites (tertiary alicyclic amines) is 1. The van der Waals surface area contributed by atoms with Crippen LogP contribution in [0.5, 0.6) is 0 Å². The Kier molecular flexibility index (Phi) is 30.0. The van der Waals surface area contributed by atoms with Crippen LogP contribution in [0.15, 0.2) is 119 Å². The third kappa shape index (κ3) is 23.2. The molecule has 2 unspecified atom stereocenters. The normalized spacial score (nSPS) is 13.9. The average molecular weight is 1240 g/mol. The van der Waals surface area contributed by atoms with Crippen LogP contribution in [0.25, 0.3) is 11.1 Å². The predicted octanol–water partition coefficient (Wildman–Crippen LogP) is 7.35.